The number of hydrogen-bond donors (Lipinski definition) is 1. The van der Waals surface area contributed by atoms with Crippen LogP contribution in [0.15, 0.2) is 53.1 Å². The molecule has 0 amide bonds. The molecule has 4 unspecified atom stereocenters. The first-order valence-electron chi connectivity index (χ1n) is 8.27. The van der Waals surface area contributed by atoms with E-state index in [1.165, 1.54) is 6.26 Å². The second-order valence-electron chi connectivity index (χ2n) is 6.76. The van der Waals surface area contributed by atoms with E-state index in [-0.39, 0.29) is 5.76 Å². The molecular formula is C20H14N4O3. The monoisotopic (exact) mass is 358 g/mol. The van der Waals surface area contributed by atoms with Crippen molar-refractivity contribution in [3.05, 3.63) is 60.1 Å². The van der Waals surface area contributed by atoms with Crippen molar-refractivity contribution in [3.8, 4) is 18.2 Å². The summed E-state index contributed by atoms with van der Waals surface area (Å²) in [6.07, 6.45) is 0.288. The van der Waals surface area contributed by atoms with Crippen LogP contribution in [-0.4, -0.2) is 11.7 Å². The number of nitriles is 3. The van der Waals surface area contributed by atoms with E-state index in [0.717, 1.165) is 0 Å². The van der Waals surface area contributed by atoms with Crippen molar-refractivity contribution >= 4 is 5.90 Å². The Morgan fingerprint density at radius 2 is 1.70 bits per heavy atom. The zero-order chi connectivity index (χ0) is 19.3. The van der Waals surface area contributed by atoms with Gasteiger partial charge >= 0.3 is 0 Å². The predicted octanol–water partition coefficient (Wildman–Crippen LogP) is 3.40. The minimum absolute atomic E-state index is 0.261. The lowest BCUT2D eigenvalue weighted by Gasteiger charge is -2.60. The van der Waals surface area contributed by atoms with Crippen LogP contribution in [0.4, 0.5) is 0 Å². The van der Waals surface area contributed by atoms with Crippen LogP contribution < -0.4 is 0 Å². The number of fused-ring (bicyclic) bond motifs is 3. The molecule has 3 aliphatic heterocycles. The maximum Gasteiger partial charge on any atom is 0.219 e. The van der Waals surface area contributed by atoms with Gasteiger partial charge in [-0.25, -0.2) is 0 Å². The minimum atomic E-state index is -1.98. The summed E-state index contributed by atoms with van der Waals surface area (Å²) in [6, 6.07) is 18.2. The van der Waals surface area contributed by atoms with Crippen LogP contribution in [0.5, 0.6) is 0 Å². The molecule has 2 aromatic rings. The molecule has 3 aliphatic rings. The Kier molecular flexibility index (Phi) is 3.40. The van der Waals surface area contributed by atoms with Gasteiger partial charge in [-0.2, -0.15) is 15.8 Å². The molecule has 27 heavy (non-hydrogen) atoms. The van der Waals surface area contributed by atoms with Gasteiger partial charge in [0.15, 0.2) is 10.8 Å². The van der Waals surface area contributed by atoms with Crippen LogP contribution in [0.2, 0.25) is 0 Å². The average Bonchev–Trinajstić information content (AvgIpc) is 3.21. The van der Waals surface area contributed by atoms with Crippen LogP contribution in [0.3, 0.4) is 0 Å². The molecule has 1 aromatic heterocycles. The molecule has 0 aliphatic carbocycles. The molecule has 0 saturated carbocycles. The van der Waals surface area contributed by atoms with Gasteiger partial charge in [0.25, 0.3) is 0 Å². The number of furan rings is 1. The van der Waals surface area contributed by atoms with E-state index in [1.807, 2.05) is 12.1 Å². The lowest BCUT2D eigenvalue weighted by Crippen LogP contribution is -2.70. The second kappa shape index (κ2) is 5.45. The maximum atomic E-state index is 10.2. The normalized spacial score (nSPS) is 33.3. The molecule has 4 atom stereocenters. The Labute approximate surface area is 155 Å². The molecule has 7 nitrogen and oxygen atoms in total. The van der Waals surface area contributed by atoms with E-state index in [4.69, 9.17) is 19.3 Å². The van der Waals surface area contributed by atoms with Gasteiger partial charge in [-0.05, 0) is 17.7 Å². The molecule has 0 radical (unpaired) electrons. The summed E-state index contributed by atoms with van der Waals surface area (Å²) in [6.45, 7) is 1.58. The van der Waals surface area contributed by atoms with Crippen LogP contribution in [0, 0.1) is 50.2 Å². The number of nitrogens with zero attached hydrogens (tertiary/aromatic N) is 3. The topological polar surface area (TPSA) is 127 Å². The zero-order valence-electron chi connectivity index (χ0n) is 14.3. The number of benzene rings is 1. The van der Waals surface area contributed by atoms with Gasteiger partial charge in [0, 0.05) is 6.92 Å². The molecule has 3 saturated heterocycles. The molecule has 1 aromatic carbocycles. The van der Waals surface area contributed by atoms with Gasteiger partial charge in [-0.1, -0.05) is 30.3 Å². The van der Waals surface area contributed by atoms with Crippen molar-refractivity contribution < 1.29 is 13.9 Å². The Morgan fingerprint density at radius 1 is 1.00 bits per heavy atom. The Hall–Kier alpha value is -3.60. The third kappa shape index (κ3) is 1.83. The van der Waals surface area contributed by atoms with Gasteiger partial charge in [-0.3, -0.25) is 5.41 Å². The molecule has 4 heterocycles. The quantitative estimate of drug-likeness (QED) is 0.876. The standard InChI is InChI=1S/C20H14N4O3/c1-18-15(13-6-3-2-4-7-13)19(10-21,11-22)20(12-23,17(24)27-18)16(26-18)14-8-5-9-25-14/h2-9,15-16,24H,1H3. The fraction of sp³-hybridized carbons (Fsp3) is 0.300. The SMILES string of the molecule is CC12OC(=N)C(C#N)(C(c3ccco3)O1)C(C#N)(C#N)C2c1ccccc1. The highest BCUT2D eigenvalue weighted by Crippen LogP contribution is 2.69. The fourth-order valence-corrected chi connectivity index (χ4v) is 4.32. The van der Waals surface area contributed by atoms with E-state index in [0.29, 0.717) is 5.56 Å². The van der Waals surface area contributed by atoms with Crippen molar-refractivity contribution in [1.29, 1.82) is 21.2 Å². The summed E-state index contributed by atoms with van der Waals surface area (Å²) in [5.41, 5.74) is -3.27. The first-order valence-corrected chi connectivity index (χ1v) is 8.27. The highest BCUT2D eigenvalue weighted by molar-refractivity contribution is 5.89. The van der Waals surface area contributed by atoms with Gasteiger partial charge in [0.05, 0.1) is 30.4 Å². The van der Waals surface area contributed by atoms with Gasteiger partial charge in [0.1, 0.15) is 11.9 Å². The maximum absolute atomic E-state index is 10.2. The largest absolute Gasteiger partial charge is 0.467 e. The van der Waals surface area contributed by atoms with Crippen molar-refractivity contribution in [3.63, 3.8) is 0 Å². The smallest absolute Gasteiger partial charge is 0.219 e. The van der Waals surface area contributed by atoms with E-state index in [1.54, 1.807) is 43.3 Å². The van der Waals surface area contributed by atoms with Crippen molar-refractivity contribution in [2.75, 3.05) is 0 Å². The van der Waals surface area contributed by atoms with Crippen molar-refractivity contribution in [2.45, 2.75) is 24.7 Å². The number of ether oxygens (including phenoxy) is 2. The predicted molar refractivity (Wildman–Crippen MR) is 90.6 cm³/mol. The summed E-state index contributed by atoms with van der Waals surface area (Å²) in [5, 5.41) is 38.9. The first kappa shape index (κ1) is 16.8. The van der Waals surface area contributed by atoms with Crippen molar-refractivity contribution in [1.82, 2.24) is 0 Å². The molecule has 5 rings (SSSR count). The van der Waals surface area contributed by atoms with Gasteiger partial charge in [-0.15, -0.1) is 0 Å². The Balaban J connectivity index is 2.06. The van der Waals surface area contributed by atoms with Crippen LogP contribution >= 0.6 is 0 Å². The van der Waals surface area contributed by atoms with Crippen molar-refractivity contribution in [2.24, 2.45) is 10.8 Å². The molecule has 3 fully saturated rings. The summed E-state index contributed by atoms with van der Waals surface area (Å²) in [4.78, 5) is 0. The number of hydrogen-bond acceptors (Lipinski definition) is 7. The lowest BCUT2D eigenvalue weighted by atomic mass is 9.50. The van der Waals surface area contributed by atoms with Gasteiger partial charge < -0.3 is 13.9 Å². The van der Waals surface area contributed by atoms with Gasteiger partial charge in [0.2, 0.25) is 11.7 Å². The third-order valence-corrected chi connectivity index (χ3v) is 5.45. The molecule has 1 N–H and O–H groups in total. The summed E-state index contributed by atoms with van der Waals surface area (Å²) >= 11 is 0. The highest BCUT2D eigenvalue weighted by Gasteiger charge is 2.80. The van der Waals surface area contributed by atoms with Crippen LogP contribution in [-0.2, 0) is 9.47 Å². The minimum Gasteiger partial charge on any atom is -0.467 e. The molecule has 132 valence electrons. The number of nitrogens with one attached hydrogen (secondary N) is 1. The van der Waals surface area contributed by atoms with E-state index in [9.17, 15) is 15.8 Å². The molecule has 2 bridgehead atoms. The molecule has 0 spiro atoms. The summed E-state index contributed by atoms with van der Waals surface area (Å²) < 4.78 is 17.3. The molecular weight excluding hydrogens is 344 g/mol. The molecule has 7 heteroatoms. The zero-order valence-corrected chi connectivity index (χ0v) is 14.3. The average molecular weight is 358 g/mol. The van der Waals surface area contributed by atoms with Crippen LogP contribution in [0.1, 0.15) is 30.3 Å². The second-order valence-corrected chi connectivity index (χ2v) is 6.76. The van der Waals surface area contributed by atoms with E-state index in [2.05, 4.69) is 12.1 Å². The highest BCUT2D eigenvalue weighted by atomic mass is 16.7. The third-order valence-electron chi connectivity index (χ3n) is 5.45. The summed E-state index contributed by atoms with van der Waals surface area (Å²) in [5.74, 6) is -2.60. The fourth-order valence-electron chi connectivity index (χ4n) is 4.32. The Morgan fingerprint density at radius 3 is 2.26 bits per heavy atom. The summed E-state index contributed by atoms with van der Waals surface area (Å²) in [7, 11) is 0. The van der Waals surface area contributed by atoms with E-state index < -0.39 is 34.5 Å². The number of rotatable bonds is 2. The van der Waals surface area contributed by atoms with Crippen LogP contribution in [0.25, 0.3) is 0 Å². The lowest BCUT2D eigenvalue weighted by molar-refractivity contribution is -0.326. The first-order chi connectivity index (χ1) is 13.0. The Bertz CT molecular complexity index is 1010. The van der Waals surface area contributed by atoms with E-state index >= 15 is 0 Å².